The van der Waals surface area contributed by atoms with E-state index in [0.717, 1.165) is 16.9 Å². The van der Waals surface area contributed by atoms with Crippen LogP contribution in [0, 0.1) is 5.41 Å². The number of aryl methyl sites for hydroxylation is 1. The molecule has 5 rings (SSSR count). The Morgan fingerprint density at radius 1 is 0.720 bits per heavy atom. The Balaban J connectivity index is 0.000000520. The van der Waals surface area contributed by atoms with Crippen molar-refractivity contribution >= 4 is 83.8 Å². The van der Waals surface area contributed by atoms with Crippen LogP contribution in [0.2, 0.25) is 0 Å². The second kappa shape index (κ2) is 32.3. The van der Waals surface area contributed by atoms with Crippen LogP contribution in [0.5, 0.6) is 5.75 Å². The molecule has 0 unspecified atom stereocenters. The van der Waals surface area contributed by atoms with Gasteiger partial charge >= 0.3 is 38.0 Å². The maximum atomic E-state index is 12.7. The number of unbranched alkanes of at least 4 members (excludes halogenated alkanes) is 3. The van der Waals surface area contributed by atoms with E-state index in [2.05, 4.69) is 60.7 Å². The number of alkyl halides is 9. The molecule has 0 aliphatic rings. The van der Waals surface area contributed by atoms with E-state index in [1.165, 1.54) is 109 Å². The smallest absolute Gasteiger partial charge is 0.753 e. The van der Waals surface area contributed by atoms with Gasteiger partial charge in [-0.2, -0.15) is 44.7 Å². The molecule has 0 fully saturated rings. The van der Waals surface area contributed by atoms with Crippen molar-refractivity contribution in [2.75, 3.05) is 0 Å². The van der Waals surface area contributed by atoms with Crippen LogP contribution in [0.25, 0.3) is 63.9 Å². The Bertz CT molecular complexity index is 2730. The Morgan fingerprint density at radius 3 is 1.72 bits per heavy atom. The second-order valence-corrected chi connectivity index (χ2v) is 16.5. The number of nitrogens with zero attached hydrogens (tertiary/aromatic N) is 5. The minimum absolute atomic E-state index is 0. The third kappa shape index (κ3) is 25.1. The van der Waals surface area contributed by atoms with E-state index in [9.17, 15) is 53.9 Å². The van der Waals surface area contributed by atoms with Crippen molar-refractivity contribution in [1.29, 1.82) is 5.41 Å². The summed E-state index contributed by atoms with van der Waals surface area (Å²) in [4.78, 5) is 51.9. The van der Waals surface area contributed by atoms with Crippen LogP contribution in [-0.2, 0) is 49.8 Å². The zero-order valence-electron chi connectivity index (χ0n) is 39.2. The van der Waals surface area contributed by atoms with E-state index in [0.29, 0.717) is 17.2 Å². The number of halogens is 9. The molecule has 0 saturated heterocycles. The summed E-state index contributed by atoms with van der Waals surface area (Å²) in [5, 5.41) is 15.4. The molecule has 0 amide bonds. The van der Waals surface area contributed by atoms with Gasteiger partial charge in [0.2, 0.25) is 0 Å². The van der Waals surface area contributed by atoms with Gasteiger partial charge in [-0.05, 0) is 102 Å². The molecule has 5 heterocycles. The van der Waals surface area contributed by atoms with Gasteiger partial charge in [-0.3, -0.25) is 34.7 Å². The molecule has 0 atom stereocenters. The molecule has 0 saturated carbocycles. The van der Waals surface area contributed by atoms with Crippen molar-refractivity contribution in [3.8, 4) is 28.5 Å². The molecule has 0 spiro atoms. The molecule has 0 radical (unpaired) electrons. The second-order valence-electron chi connectivity index (χ2n) is 15.1. The molecule has 2 N–H and O–H groups in total. The maximum absolute atomic E-state index is 12.7. The van der Waals surface area contributed by atoms with Crippen LogP contribution < -0.4 is 4.74 Å². The summed E-state index contributed by atoms with van der Waals surface area (Å²) in [5.41, 5.74) is 7.90. The number of pyridine rings is 4. The van der Waals surface area contributed by atoms with Crippen LogP contribution in [-0.4, -0.2) is 68.8 Å². The van der Waals surface area contributed by atoms with Gasteiger partial charge in [-0.1, -0.05) is 44.5 Å². The minimum Gasteiger partial charge on any atom is -0.753 e. The van der Waals surface area contributed by atoms with Crippen LogP contribution >= 0.6 is 23.6 Å². The molecule has 0 bridgehead atoms. The Kier molecular flexibility index (Phi) is 27.6. The van der Waals surface area contributed by atoms with Crippen molar-refractivity contribution in [2.24, 2.45) is 0 Å². The van der Waals surface area contributed by atoms with Gasteiger partial charge in [0.05, 0.1) is 35.6 Å². The monoisotopic (exact) mass is 1180 g/mol. The molecule has 5 aromatic rings. The molecule has 0 aliphatic carbocycles. The maximum Gasteiger partial charge on any atom is 2.00 e. The third-order valence-electron chi connectivity index (χ3n) is 9.49. The fraction of sp³-hybridized carbons (Fsp3) is 0.260. The van der Waals surface area contributed by atoms with Gasteiger partial charge in [-0.25, -0.2) is 4.98 Å². The van der Waals surface area contributed by atoms with Gasteiger partial charge in [-0.15, -0.1) is 17.0 Å². The van der Waals surface area contributed by atoms with E-state index in [1.54, 1.807) is 17.4 Å². The van der Waals surface area contributed by atoms with Crippen LogP contribution in [0.4, 0.5) is 39.5 Å². The Hall–Kier alpha value is -7.07. The Morgan fingerprint density at radius 2 is 1.24 bits per heavy atom. The number of nitrogens with one attached hydrogen (secondary N) is 2. The third-order valence-corrected chi connectivity index (χ3v) is 10.6. The van der Waals surface area contributed by atoms with Gasteiger partial charge in [0.15, 0.2) is 0 Å². The summed E-state index contributed by atoms with van der Waals surface area (Å²) < 4.78 is 128. The van der Waals surface area contributed by atoms with E-state index in [1.807, 2.05) is 12.2 Å². The van der Waals surface area contributed by atoms with Crippen molar-refractivity contribution < 1.29 is 87.6 Å². The predicted octanol–water partition coefficient (Wildman–Crippen LogP) is 14.5. The van der Waals surface area contributed by atoms with Gasteiger partial charge < -0.3 is 25.4 Å². The molecular weight excluding hydrogens is 1130 g/mol. The summed E-state index contributed by atoms with van der Waals surface area (Å²) in [6, 6.07) is 15.9. The minimum atomic E-state index is -4.77. The number of carbonyl (C=O) groups excluding carboxylic acids is 3. The van der Waals surface area contributed by atoms with Crippen LogP contribution in [0.1, 0.15) is 90.4 Å². The van der Waals surface area contributed by atoms with E-state index >= 15 is 0 Å². The first-order valence-electron chi connectivity index (χ1n) is 21.7. The van der Waals surface area contributed by atoms with E-state index in [-0.39, 0.29) is 84.6 Å². The first kappa shape index (κ1) is 64.0. The fourth-order valence-corrected chi connectivity index (χ4v) is 7.08. The molecule has 25 heteroatoms. The average Bonchev–Trinajstić information content (AvgIpc) is 3.81. The number of hydrogen-bond donors (Lipinski definition) is 1. The van der Waals surface area contributed by atoms with E-state index < -0.39 is 55.6 Å². The van der Waals surface area contributed by atoms with Crippen LogP contribution in [0.15, 0.2) is 96.8 Å². The topological polar surface area (TPSA) is 200 Å². The number of thiophene rings is 1. The van der Waals surface area contributed by atoms with Gasteiger partial charge in [0.25, 0.3) is 19.4 Å². The normalized spacial score (nSPS) is 11.9. The largest absolute Gasteiger partial charge is 2.00 e. The molecule has 0 aromatic carbocycles. The molecular formula is C50H44F9N7O6RuS2. The number of hydrogen-bond acceptors (Lipinski definition) is 13. The van der Waals surface area contributed by atoms with Crippen molar-refractivity contribution in [3.63, 3.8) is 0 Å². The quantitative estimate of drug-likeness (QED) is 0.0124. The van der Waals surface area contributed by atoms with Crippen molar-refractivity contribution in [2.45, 2.75) is 83.2 Å². The summed E-state index contributed by atoms with van der Waals surface area (Å²) in [5.74, 6) is -0.456. The molecule has 0 aliphatic heterocycles. The number of ether oxygens (including phenoxy) is 3. The molecule has 13 nitrogen and oxygen atoms in total. The standard InChI is InChI=1S/C28H21F6N3O6.C21H23F3N3S.CNS.Ru/c29-27(30,31)5-1-20(41-15-38)9-18-3-7-35-23(11-18)25-13-22(43-17-40)14-26(37-25)24-12-19(4-8-36-24)10-21(42-16-39)2-6-28(32,33)34;1-2-3-4-5-6-16-9-10-17(28-16)8-7-15-11-12-27-19(13-15)18(25)14-20(26)21(22,23)24;2-1-3;/h3-4,7-17H,1-2,5-6H2;7-14,25-26H,2-6H2,1H3;;/q;2*-1;+2/b20-9+,21-10+;8-7+,18-14-,26-20?;;. The number of allylic oxidation sites excluding steroid dienone is 3. The van der Waals surface area contributed by atoms with Crippen molar-refractivity contribution in [1.82, 2.24) is 19.9 Å². The number of rotatable bonds is 23. The molecule has 398 valence electrons. The predicted molar refractivity (Wildman–Crippen MR) is 266 cm³/mol. The SMILES string of the molecule is CCCCCCc1ccc(/C=C/c2ccnc(/C([NH-])=C/C(=N)C(F)(F)F)c2)s1.O=CO/C(=C/c1ccnc(-c2cc(OC=O)cc(-c3cc(/C=C(\CCC(F)(F)F)OC=O)ccn3)n2)c1)CCC(F)(F)F.[N-]=C=S.[Ru+2]. The van der Waals surface area contributed by atoms with Crippen molar-refractivity contribution in [3.05, 3.63) is 140 Å². The number of carbonyl (C=O) groups is 3. The zero-order valence-corrected chi connectivity index (χ0v) is 42.6. The summed E-state index contributed by atoms with van der Waals surface area (Å²) in [6.45, 7) is 2.38. The number of aromatic nitrogens is 4. The van der Waals surface area contributed by atoms with Gasteiger partial charge in [0, 0.05) is 59.0 Å². The summed E-state index contributed by atoms with van der Waals surface area (Å²) >= 11 is 5.43. The summed E-state index contributed by atoms with van der Waals surface area (Å²) in [7, 11) is 0. The number of isothiocyanates is 1. The van der Waals surface area contributed by atoms with Crippen LogP contribution in [0.3, 0.4) is 0 Å². The molecule has 75 heavy (non-hydrogen) atoms. The number of thiocarbonyl (C=S) groups is 1. The fourth-order valence-electron chi connectivity index (χ4n) is 6.12. The first-order valence-corrected chi connectivity index (χ1v) is 23.0. The Labute approximate surface area is 446 Å². The zero-order chi connectivity index (χ0) is 54.7. The molecule has 5 aromatic heterocycles. The van der Waals surface area contributed by atoms with E-state index in [4.69, 9.17) is 21.3 Å². The summed E-state index contributed by atoms with van der Waals surface area (Å²) in [6.07, 6.45) is -0.479. The average molecular weight is 1180 g/mol. The van der Waals surface area contributed by atoms with Gasteiger partial charge in [0.1, 0.15) is 23.0 Å². The first-order chi connectivity index (χ1) is 35.1.